The summed E-state index contributed by atoms with van der Waals surface area (Å²) in [7, 11) is 0. The van der Waals surface area contributed by atoms with Crippen molar-refractivity contribution < 1.29 is 4.74 Å². The van der Waals surface area contributed by atoms with Gasteiger partial charge in [0.2, 0.25) is 0 Å². The standard InChI is InChI=1S/C8H7N3OS/c9-6-2-1-3-7(4-6)12-8-11-10-5-13-8/h1-5H,9H2. The van der Waals surface area contributed by atoms with Crippen molar-refractivity contribution in [3.05, 3.63) is 29.8 Å². The molecule has 0 fully saturated rings. The minimum Gasteiger partial charge on any atom is -0.430 e. The molecule has 4 nitrogen and oxygen atoms in total. The van der Waals surface area contributed by atoms with Crippen LogP contribution in [0.5, 0.6) is 10.9 Å². The topological polar surface area (TPSA) is 61.0 Å². The van der Waals surface area contributed by atoms with Crippen LogP contribution in [-0.4, -0.2) is 10.2 Å². The predicted octanol–water partition coefficient (Wildman–Crippen LogP) is 1.91. The molecule has 0 saturated heterocycles. The summed E-state index contributed by atoms with van der Waals surface area (Å²) in [5, 5.41) is 7.92. The van der Waals surface area contributed by atoms with Gasteiger partial charge >= 0.3 is 0 Å². The fraction of sp³-hybridized carbons (Fsp3) is 0. The monoisotopic (exact) mass is 193 g/mol. The Morgan fingerprint density at radius 3 is 3.00 bits per heavy atom. The molecule has 1 aromatic heterocycles. The average Bonchev–Trinajstić information content (AvgIpc) is 2.57. The van der Waals surface area contributed by atoms with Gasteiger partial charge in [0.05, 0.1) is 0 Å². The van der Waals surface area contributed by atoms with Crippen molar-refractivity contribution in [2.24, 2.45) is 0 Å². The van der Waals surface area contributed by atoms with Gasteiger partial charge in [-0.05, 0) is 12.1 Å². The fourth-order valence-electron chi connectivity index (χ4n) is 0.886. The van der Waals surface area contributed by atoms with E-state index in [1.807, 2.05) is 12.1 Å². The molecule has 0 aliphatic carbocycles. The molecule has 0 atom stereocenters. The second kappa shape index (κ2) is 3.40. The molecule has 2 rings (SSSR count). The molecule has 66 valence electrons. The first-order chi connectivity index (χ1) is 6.34. The van der Waals surface area contributed by atoms with Crippen molar-refractivity contribution in [2.75, 3.05) is 5.73 Å². The van der Waals surface area contributed by atoms with E-state index in [0.717, 1.165) is 0 Å². The summed E-state index contributed by atoms with van der Waals surface area (Å²) in [6.45, 7) is 0. The lowest BCUT2D eigenvalue weighted by Gasteiger charge is -2.00. The highest BCUT2D eigenvalue weighted by Gasteiger charge is 1.99. The van der Waals surface area contributed by atoms with E-state index >= 15 is 0 Å². The molecule has 0 aliphatic rings. The minimum atomic E-state index is 0.519. The average molecular weight is 193 g/mol. The van der Waals surface area contributed by atoms with Crippen LogP contribution in [0.3, 0.4) is 0 Å². The van der Waals surface area contributed by atoms with Gasteiger partial charge in [-0.1, -0.05) is 22.5 Å². The number of hydrogen-bond acceptors (Lipinski definition) is 5. The molecule has 0 amide bonds. The Morgan fingerprint density at radius 1 is 1.38 bits per heavy atom. The first-order valence-electron chi connectivity index (χ1n) is 3.64. The summed E-state index contributed by atoms with van der Waals surface area (Å²) in [6.07, 6.45) is 0. The predicted molar refractivity (Wildman–Crippen MR) is 50.8 cm³/mol. The molecule has 0 unspecified atom stereocenters. The molecule has 0 spiro atoms. The van der Waals surface area contributed by atoms with E-state index in [-0.39, 0.29) is 0 Å². The van der Waals surface area contributed by atoms with Crippen molar-refractivity contribution in [1.29, 1.82) is 0 Å². The van der Waals surface area contributed by atoms with Gasteiger partial charge in [-0.3, -0.25) is 0 Å². The lowest BCUT2D eigenvalue weighted by molar-refractivity contribution is 0.473. The largest absolute Gasteiger partial charge is 0.430 e. The number of nitrogens with two attached hydrogens (primary N) is 1. The van der Waals surface area contributed by atoms with E-state index in [9.17, 15) is 0 Å². The van der Waals surface area contributed by atoms with E-state index in [2.05, 4.69) is 10.2 Å². The summed E-state index contributed by atoms with van der Waals surface area (Å²) in [5.41, 5.74) is 7.86. The zero-order valence-electron chi connectivity index (χ0n) is 6.68. The van der Waals surface area contributed by atoms with Gasteiger partial charge in [-0.15, -0.1) is 5.10 Å². The third-order valence-electron chi connectivity index (χ3n) is 1.40. The number of rotatable bonds is 2. The van der Waals surface area contributed by atoms with Crippen LogP contribution in [-0.2, 0) is 0 Å². The molecule has 13 heavy (non-hydrogen) atoms. The van der Waals surface area contributed by atoms with Crippen molar-refractivity contribution in [3.63, 3.8) is 0 Å². The normalized spacial score (nSPS) is 9.85. The van der Waals surface area contributed by atoms with E-state index in [0.29, 0.717) is 16.6 Å². The maximum absolute atomic E-state index is 5.57. The Hall–Kier alpha value is -1.62. The molecule has 2 aromatic rings. The van der Waals surface area contributed by atoms with E-state index in [1.54, 1.807) is 17.6 Å². The van der Waals surface area contributed by atoms with Crippen LogP contribution in [0.2, 0.25) is 0 Å². The first-order valence-corrected chi connectivity index (χ1v) is 4.52. The lowest BCUT2D eigenvalue weighted by Crippen LogP contribution is -1.87. The zero-order valence-corrected chi connectivity index (χ0v) is 7.49. The number of nitrogens with zero attached hydrogens (tertiary/aromatic N) is 2. The number of aromatic nitrogens is 2. The maximum Gasteiger partial charge on any atom is 0.299 e. The van der Waals surface area contributed by atoms with Crippen LogP contribution < -0.4 is 10.5 Å². The van der Waals surface area contributed by atoms with Gasteiger partial charge in [-0.2, -0.15) is 0 Å². The highest BCUT2D eigenvalue weighted by atomic mass is 32.1. The number of ether oxygens (including phenoxy) is 1. The Bertz CT molecular complexity index is 388. The van der Waals surface area contributed by atoms with Gasteiger partial charge in [0.15, 0.2) is 0 Å². The fourth-order valence-corrected chi connectivity index (χ4v) is 1.31. The quantitative estimate of drug-likeness (QED) is 0.740. The first kappa shape index (κ1) is 8.00. The third-order valence-corrected chi connectivity index (χ3v) is 1.97. The van der Waals surface area contributed by atoms with Crippen LogP contribution in [0.25, 0.3) is 0 Å². The van der Waals surface area contributed by atoms with E-state index in [1.165, 1.54) is 11.3 Å². The van der Waals surface area contributed by atoms with Crippen molar-refractivity contribution in [2.45, 2.75) is 0 Å². The second-order valence-corrected chi connectivity index (χ2v) is 3.17. The van der Waals surface area contributed by atoms with Crippen molar-refractivity contribution in [3.8, 4) is 10.9 Å². The van der Waals surface area contributed by atoms with Gasteiger partial charge in [-0.25, -0.2) is 0 Å². The Balaban J connectivity index is 2.19. The van der Waals surface area contributed by atoms with Crippen molar-refractivity contribution >= 4 is 17.0 Å². The molecule has 0 saturated carbocycles. The summed E-state index contributed by atoms with van der Waals surface area (Å²) in [4.78, 5) is 0. The SMILES string of the molecule is Nc1cccc(Oc2nncs2)c1. The highest BCUT2D eigenvalue weighted by Crippen LogP contribution is 2.23. The molecular formula is C8H7N3OS. The minimum absolute atomic E-state index is 0.519. The third kappa shape index (κ3) is 1.94. The maximum atomic E-state index is 5.57. The Kier molecular flexibility index (Phi) is 2.09. The van der Waals surface area contributed by atoms with Crippen LogP contribution in [0.15, 0.2) is 29.8 Å². The number of hydrogen-bond donors (Lipinski definition) is 1. The lowest BCUT2D eigenvalue weighted by atomic mass is 10.3. The van der Waals surface area contributed by atoms with Gasteiger partial charge < -0.3 is 10.5 Å². The van der Waals surface area contributed by atoms with Crippen LogP contribution >= 0.6 is 11.3 Å². The zero-order chi connectivity index (χ0) is 9.10. The molecule has 2 N–H and O–H groups in total. The summed E-state index contributed by atoms with van der Waals surface area (Å²) in [6, 6.07) is 7.18. The highest BCUT2D eigenvalue weighted by molar-refractivity contribution is 7.11. The molecule has 0 bridgehead atoms. The second-order valence-electron chi connectivity index (χ2n) is 2.38. The smallest absolute Gasteiger partial charge is 0.299 e. The molecular weight excluding hydrogens is 186 g/mol. The Labute approximate surface area is 79.0 Å². The molecule has 1 heterocycles. The van der Waals surface area contributed by atoms with Gasteiger partial charge in [0.1, 0.15) is 11.3 Å². The number of anilines is 1. The van der Waals surface area contributed by atoms with E-state index < -0.39 is 0 Å². The van der Waals surface area contributed by atoms with Crippen molar-refractivity contribution in [1.82, 2.24) is 10.2 Å². The van der Waals surface area contributed by atoms with Crippen LogP contribution in [0, 0.1) is 0 Å². The molecule has 0 aliphatic heterocycles. The Morgan fingerprint density at radius 2 is 2.31 bits per heavy atom. The van der Waals surface area contributed by atoms with Gasteiger partial charge in [0, 0.05) is 11.8 Å². The summed E-state index contributed by atoms with van der Waals surface area (Å²) >= 11 is 1.34. The van der Waals surface area contributed by atoms with Crippen LogP contribution in [0.4, 0.5) is 5.69 Å². The van der Waals surface area contributed by atoms with Crippen LogP contribution in [0.1, 0.15) is 0 Å². The van der Waals surface area contributed by atoms with Gasteiger partial charge in [0.25, 0.3) is 5.19 Å². The number of benzene rings is 1. The number of nitrogen functional groups attached to an aromatic ring is 1. The summed E-state index contributed by atoms with van der Waals surface area (Å²) in [5.74, 6) is 0.678. The van der Waals surface area contributed by atoms with E-state index in [4.69, 9.17) is 10.5 Å². The molecule has 0 radical (unpaired) electrons. The molecule has 1 aromatic carbocycles. The molecule has 5 heteroatoms. The summed E-state index contributed by atoms with van der Waals surface area (Å²) < 4.78 is 5.36.